The number of ether oxygens (including phenoxy) is 2. The molecule has 0 atom stereocenters. The molecule has 0 saturated carbocycles. The van der Waals surface area contributed by atoms with E-state index >= 15 is 0 Å². The molecular weight excluding hydrogens is 308 g/mol. The second kappa shape index (κ2) is 5.89. The number of carbonyl (C=O) groups is 1. The second-order valence-electron chi connectivity index (χ2n) is 3.88. The van der Waals surface area contributed by atoms with Gasteiger partial charge in [0.15, 0.2) is 0 Å². The minimum Gasteiger partial charge on any atom is -0.496 e. The van der Waals surface area contributed by atoms with E-state index in [-0.39, 0.29) is 5.78 Å². The zero-order chi connectivity index (χ0) is 13.8. The highest BCUT2D eigenvalue weighted by Gasteiger charge is 2.19. The molecule has 0 amide bonds. The molecule has 2 aromatic carbocycles. The average Bonchev–Trinajstić information content (AvgIpc) is 2.45. The summed E-state index contributed by atoms with van der Waals surface area (Å²) < 4.78 is 11.4. The molecule has 0 spiro atoms. The first-order chi connectivity index (χ1) is 9.17. The van der Waals surface area contributed by atoms with Crippen LogP contribution in [0.5, 0.6) is 11.5 Å². The highest BCUT2D eigenvalue weighted by molar-refractivity contribution is 9.10. The maximum absolute atomic E-state index is 12.6. The van der Waals surface area contributed by atoms with Gasteiger partial charge in [0, 0.05) is 10.0 Å². The normalized spacial score (nSPS) is 10.1. The molecule has 4 heteroatoms. The van der Waals surface area contributed by atoms with E-state index in [1.165, 1.54) is 14.2 Å². The van der Waals surface area contributed by atoms with Gasteiger partial charge in [0.05, 0.1) is 14.2 Å². The Balaban J connectivity index is 2.55. The number of carbonyl (C=O) groups excluding carboxylic acids is 1. The van der Waals surface area contributed by atoms with Crippen molar-refractivity contribution in [3.63, 3.8) is 0 Å². The summed E-state index contributed by atoms with van der Waals surface area (Å²) in [4.78, 5) is 12.6. The number of methoxy groups -OCH3 is 2. The van der Waals surface area contributed by atoms with E-state index in [2.05, 4.69) is 15.9 Å². The number of hydrogen-bond donors (Lipinski definition) is 0. The summed E-state index contributed by atoms with van der Waals surface area (Å²) in [6, 6.07) is 12.5. The fourth-order valence-electron chi connectivity index (χ4n) is 1.85. The third-order valence-electron chi connectivity index (χ3n) is 2.74. The number of halogens is 1. The van der Waals surface area contributed by atoms with Gasteiger partial charge in [0.1, 0.15) is 17.1 Å². The summed E-state index contributed by atoms with van der Waals surface area (Å²) in [6.45, 7) is 0. The SMILES string of the molecule is COc1cccc(OC)c1C(=O)c1cccc(Br)c1. The second-order valence-corrected chi connectivity index (χ2v) is 4.79. The molecule has 2 aromatic rings. The fourth-order valence-corrected chi connectivity index (χ4v) is 2.25. The molecule has 0 aliphatic carbocycles. The van der Waals surface area contributed by atoms with Crippen molar-refractivity contribution < 1.29 is 14.3 Å². The zero-order valence-electron chi connectivity index (χ0n) is 10.6. The van der Waals surface area contributed by atoms with Gasteiger partial charge in [-0.1, -0.05) is 34.1 Å². The topological polar surface area (TPSA) is 35.5 Å². The van der Waals surface area contributed by atoms with E-state index in [0.717, 1.165) is 4.47 Å². The van der Waals surface area contributed by atoms with Crippen molar-refractivity contribution in [2.75, 3.05) is 14.2 Å². The van der Waals surface area contributed by atoms with Crippen LogP contribution < -0.4 is 9.47 Å². The zero-order valence-corrected chi connectivity index (χ0v) is 12.2. The van der Waals surface area contributed by atoms with Crippen molar-refractivity contribution in [3.05, 3.63) is 58.1 Å². The molecule has 0 heterocycles. The Morgan fingerprint density at radius 3 is 2.11 bits per heavy atom. The Kier molecular flexibility index (Phi) is 4.22. The van der Waals surface area contributed by atoms with Gasteiger partial charge in [-0.2, -0.15) is 0 Å². The van der Waals surface area contributed by atoms with Crippen LogP contribution in [0.4, 0.5) is 0 Å². The number of ketones is 1. The molecule has 98 valence electrons. The van der Waals surface area contributed by atoms with Gasteiger partial charge in [-0.15, -0.1) is 0 Å². The summed E-state index contributed by atoms with van der Waals surface area (Å²) in [5.74, 6) is 0.879. The Hall–Kier alpha value is -1.81. The van der Waals surface area contributed by atoms with Crippen LogP contribution in [0.25, 0.3) is 0 Å². The van der Waals surface area contributed by atoms with Crippen molar-refractivity contribution in [1.29, 1.82) is 0 Å². The van der Waals surface area contributed by atoms with Crippen LogP contribution in [0.2, 0.25) is 0 Å². The lowest BCUT2D eigenvalue weighted by atomic mass is 10.0. The molecule has 0 unspecified atom stereocenters. The van der Waals surface area contributed by atoms with E-state index in [1.54, 1.807) is 30.3 Å². The van der Waals surface area contributed by atoms with E-state index in [4.69, 9.17) is 9.47 Å². The van der Waals surface area contributed by atoms with Gasteiger partial charge < -0.3 is 9.47 Å². The van der Waals surface area contributed by atoms with Crippen LogP contribution >= 0.6 is 15.9 Å². The van der Waals surface area contributed by atoms with Gasteiger partial charge in [-0.3, -0.25) is 4.79 Å². The fraction of sp³-hybridized carbons (Fsp3) is 0.133. The van der Waals surface area contributed by atoms with Gasteiger partial charge in [-0.05, 0) is 24.3 Å². The molecule has 0 aromatic heterocycles. The molecule has 0 N–H and O–H groups in total. The molecular formula is C15H13BrO3. The minimum absolute atomic E-state index is 0.129. The number of hydrogen-bond acceptors (Lipinski definition) is 3. The molecule has 0 fully saturated rings. The lowest BCUT2D eigenvalue weighted by Crippen LogP contribution is -2.06. The predicted molar refractivity (Wildman–Crippen MR) is 77.1 cm³/mol. The summed E-state index contributed by atoms with van der Waals surface area (Å²) in [7, 11) is 3.07. The lowest BCUT2D eigenvalue weighted by Gasteiger charge is -2.12. The largest absolute Gasteiger partial charge is 0.496 e. The van der Waals surface area contributed by atoms with Gasteiger partial charge >= 0.3 is 0 Å². The first kappa shape index (κ1) is 13.6. The molecule has 19 heavy (non-hydrogen) atoms. The van der Waals surface area contributed by atoms with Crippen molar-refractivity contribution in [2.24, 2.45) is 0 Å². The van der Waals surface area contributed by atoms with Crippen LogP contribution in [-0.4, -0.2) is 20.0 Å². The van der Waals surface area contributed by atoms with E-state index in [9.17, 15) is 4.79 Å². The first-order valence-corrected chi connectivity index (χ1v) is 6.48. The minimum atomic E-state index is -0.129. The Bertz CT molecular complexity index is 586. The standard InChI is InChI=1S/C15H13BrO3/c1-18-12-7-4-8-13(19-2)14(12)15(17)10-5-3-6-11(16)9-10/h3-9H,1-2H3. The van der Waals surface area contributed by atoms with Crippen LogP contribution in [0.3, 0.4) is 0 Å². The Morgan fingerprint density at radius 1 is 1.00 bits per heavy atom. The molecule has 0 bridgehead atoms. The summed E-state index contributed by atoms with van der Waals surface area (Å²) in [5.41, 5.74) is 1.02. The van der Waals surface area contributed by atoms with Gasteiger partial charge in [0.2, 0.25) is 5.78 Å². The third-order valence-corrected chi connectivity index (χ3v) is 3.23. The maximum atomic E-state index is 12.6. The quantitative estimate of drug-likeness (QED) is 0.806. The Morgan fingerprint density at radius 2 is 1.58 bits per heavy atom. The molecule has 0 saturated heterocycles. The summed E-state index contributed by atoms with van der Waals surface area (Å²) in [5, 5.41) is 0. The van der Waals surface area contributed by atoms with Crippen LogP contribution in [0, 0.1) is 0 Å². The van der Waals surface area contributed by atoms with E-state index in [0.29, 0.717) is 22.6 Å². The lowest BCUT2D eigenvalue weighted by molar-refractivity contribution is 0.103. The first-order valence-electron chi connectivity index (χ1n) is 5.68. The van der Waals surface area contributed by atoms with Gasteiger partial charge in [0.25, 0.3) is 0 Å². The monoisotopic (exact) mass is 320 g/mol. The average molecular weight is 321 g/mol. The molecule has 0 radical (unpaired) electrons. The number of rotatable bonds is 4. The van der Waals surface area contributed by atoms with Crippen LogP contribution in [0.1, 0.15) is 15.9 Å². The highest BCUT2D eigenvalue weighted by Crippen LogP contribution is 2.31. The Labute approximate surface area is 120 Å². The van der Waals surface area contributed by atoms with Gasteiger partial charge in [-0.25, -0.2) is 0 Å². The van der Waals surface area contributed by atoms with Crippen molar-refractivity contribution in [2.45, 2.75) is 0 Å². The van der Waals surface area contributed by atoms with Crippen molar-refractivity contribution in [1.82, 2.24) is 0 Å². The highest BCUT2D eigenvalue weighted by atomic mass is 79.9. The molecule has 0 aliphatic rings. The summed E-state index contributed by atoms with van der Waals surface area (Å²) >= 11 is 3.36. The predicted octanol–water partition coefficient (Wildman–Crippen LogP) is 3.70. The third kappa shape index (κ3) is 2.79. The van der Waals surface area contributed by atoms with E-state index in [1.807, 2.05) is 12.1 Å². The van der Waals surface area contributed by atoms with Crippen molar-refractivity contribution >= 4 is 21.7 Å². The molecule has 3 nitrogen and oxygen atoms in total. The molecule has 0 aliphatic heterocycles. The van der Waals surface area contributed by atoms with Crippen LogP contribution in [-0.2, 0) is 0 Å². The van der Waals surface area contributed by atoms with E-state index < -0.39 is 0 Å². The number of benzene rings is 2. The maximum Gasteiger partial charge on any atom is 0.200 e. The van der Waals surface area contributed by atoms with Crippen molar-refractivity contribution in [3.8, 4) is 11.5 Å². The summed E-state index contributed by atoms with van der Waals surface area (Å²) in [6.07, 6.45) is 0. The smallest absolute Gasteiger partial charge is 0.200 e. The molecule has 2 rings (SSSR count). The van der Waals surface area contributed by atoms with Crippen LogP contribution in [0.15, 0.2) is 46.9 Å².